The van der Waals surface area contributed by atoms with E-state index in [0.717, 1.165) is 12.1 Å². The molecule has 9 heteroatoms. The van der Waals surface area contributed by atoms with Crippen molar-refractivity contribution >= 4 is 11.9 Å². The summed E-state index contributed by atoms with van der Waals surface area (Å²) in [5.41, 5.74) is 6.21. The van der Waals surface area contributed by atoms with E-state index in [9.17, 15) is 9.59 Å². The summed E-state index contributed by atoms with van der Waals surface area (Å²) in [6.45, 7) is 4.86. The second kappa shape index (κ2) is 11.6. The van der Waals surface area contributed by atoms with Gasteiger partial charge in [-0.3, -0.25) is 14.3 Å². The number of ether oxygens (including phenoxy) is 1. The van der Waals surface area contributed by atoms with E-state index < -0.39 is 0 Å². The van der Waals surface area contributed by atoms with E-state index in [4.69, 9.17) is 10.5 Å². The summed E-state index contributed by atoms with van der Waals surface area (Å²) in [5, 5.41) is 13.7. The average Bonchev–Trinajstić information content (AvgIpc) is 2.99. The van der Waals surface area contributed by atoms with Gasteiger partial charge < -0.3 is 21.1 Å². The summed E-state index contributed by atoms with van der Waals surface area (Å²) in [7, 11) is 0. The van der Waals surface area contributed by atoms with Crippen LogP contribution in [0.1, 0.15) is 31.9 Å². The lowest BCUT2D eigenvalue weighted by Crippen LogP contribution is -2.29. The first kappa shape index (κ1) is 19.0. The normalized spacial score (nSPS) is 10.5. The van der Waals surface area contributed by atoms with Gasteiger partial charge in [0.05, 0.1) is 18.7 Å². The molecule has 1 heterocycles. The van der Waals surface area contributed by atoms with Gasteiger partial charge in [0.15, 0.2) is 0 Å². The van der Waals surface area contributed by atoms with Gasteiger partial charge in [0.1, 0.15) is 0 Å². The number of esters is 1. The van der Waals surface area contributed by atoms with Crippen molar-refractivity contribution in [3.63, 3.8) is 0 Å². The monoisotopic (exact) mass is 326 g/mol. The Kier molecular flexibility index (Phi) is 9.57. The van der Waals surface area contributed by atoms with Crippen LogP contribution in [-0.2, 0) is 27.4 Å². The Hall–Kier alpha value is -2.00. The molecule has 0 radical (unpaired) electrons. The molecule has 0 bridgehead atoms. The van der Waals surface area contributed by atoms with Crippen LogP contribution in [0.25, 0.3) is 0 Å². The lowest BCUT2D eigenvalue weighted by atomic mass is 10.3. The van der Waals surface area contributed by atoms with Crippen molar-refractivity contribution in [3.8, 4) is 0 Å². The molecule has 0 atom stereocenters. The number of nitrogens with zero attached hydrogens (tertiary/aromatic N) is 3. The van der Waals surface area contributed by atoms with Crippen LogP contribution < -0.4 is 16.4 Å². The Labute approximate surface area is 135 Å². The molecule has 1 aromatic rings. The molecule has 0 aliphatic carbocycles. The first-order chi connectivity index (χ1) is 11.2. The molecule has 130 valence electrons. The molecule has 0 saturated carbocycles. The quantitative estimate of drug-likeness (QED) is 0.338. The van der Waals surface area contributed by atoms with Crippen LogP contribution in [-0.4, -0.2) is 53.1 Å². The molecule has 0 saturated heterocycles. The molecule has 0 aliphatic heterocycles. The minimum Gasteiger partial charge on any atom is -0.466 e. The standard InChI is InChI=1S/C14H26N6O3/c1-2-23-14(22)5-8-16-7-4-13(21)17-6-3-9-20-11-12(10-15)18-19-20/h11,16H,2-10,15H2,1H3,(H,17,21). The van der Waals surface area contributed by atoms with Gasteiger partial charge in [0.25, 0.3) is 0 Å². The van der Waals surface area contributed by atoms with Crippen LogP contribution in [0, 0.1) is 0 Å². The molecule has 0 unspecified atom stereocenters. The fourth-order valence-electron chi connectivity index (χ4n) is 1.85. The van der Waals surface area contributed by atoms with E-state index in [1.807, 2.05) is 0 Å². The number of aromatic nitrogens is 3. The van der Waals surface area contributed by atoms with Crippen molar-refractivity contribution in [2.24, 2.45) is 5.73 Å². The molecule has 0 fully saturated rings. The molecular weight excluding hydrogens is 300 g/mol. The third kappa shape index (κ3) is 8.89. The van der Waals surface area contributed by atoms with Gasteiger partial charge in [-0.2, -0.15) is 0 Å². The van der Waals surface area contributed by atoms with E-state index in [1.165, 1.54) is 0 Å². The number of carbonyl (C=O) groups excluding carboxylic acids is 2. The van der Waals surface area contributed by atoms with Gasteiger partial charge in [-0.25, -0.2) is 0 Å². The maximum Gasteiger partial charge on any atom is 0.307 e. The van der Waals surface area contributed by atoms with Gasteiger partial charge in [-0.15, -0.1) is 5.10 Å². The highest BCUT2D eigenvalue weighted by atomic mass is 16.5. The minimum atomic E-state index is -0.227. The number of hydrogen-bond acceptors (Lipinski definition) is 7. The second-order valence-electron chi connectivity index (χ2n) is 4.94. The lowest BCUT2D eigenvalue weighted by molar-refractivity contribution is -0.142. The van der Waals surface area contributed by atoms with Crippen LogP contribution in [0.2, 0.25) is 0 Å². The van der Waals surface area contributed by atoms with Gasteiger partial charge in [-0.05, 0) is 13.3 Å². The second-order valence-corrected chi connectivity index (χ2v) is 4.94. The Morgan fingerprint density at radius 2 is 2.09 bits per heavy atom. The van der Waals surface area contributed by atoms with Crippen molar-refractivity contribution in [2.45, 2.75) is 39.3 Å². The average molecular weight is 326 g/mol. The molecule has 1 rings (SSSR count). The van der Waals surface area contributed by atoms with E-state index in [2.05, 4.69) is 20.9 Å². The Morgan fingerprint density at radius 1 is 1.30 bits per heavy atom. The molecule has 1 amide bonds. The molecule has 0 spiro atoms. The topological polar surface area (TPSA) is 124 Å². The fourth-order valence-corrected chi connectivity index (χ4v) is 1.85. The Balaban J connectivity index is 1.97. The number of amides is 1. The number of carbonyl (C=O) groups is 2. The van der Waals surface area contributed by atoms with E-state index >= 15 is 0 Å². The highest BCUT2D eigenvalue weighted by molar-refractivity contribution is 5.76. The predicted octanol–water partition coefficient (Wildman–Crippen LogP) is -0.824. The largest absolute Gasteiger partial charge is 0.466 e. The van der Waals surface area contributed by atoms with Crippen molar-refractivity contribution in [3.05, 3.63) is 11.9 Å². The summed E-state index contributed by atoms with van der Waals surface area (Å²) < 4.78 is 6.52. The van der Waals surface area contributed by atoms with Gasteiger partial charge in [-0.1, -0.05) is 5.21 Å². The first-order valence-electron chi connectivity index (χ1n) is 7.87. The number of rotatable bonds is 12. The zero-order valence-electron chi connectivity index (χ0n) is 13.6. The van der Waals surface area contributed by atoms with Crippen LogP contribution in [0.5, 0.6) is 0 Å². The molecule has 4 N–H and O–H groups in total. The summed E-state index contributed by atoms with van der Waals surface area (Å²) in [6.07, 6.45) is 3.27. The van der Waals surface area contributed by atoms with Gasteiger partial charge in [0, 0.05) is 45.3 Å². The van der Waals surface area contributed by atoms with Crippen LogP contribution in [0.4, 0.5) is 0 Å². The number of nitrogens with two attached hydrogens (primary N) is 1. The summed E-state index contributed by atoms with van der Waals surface area (Å²) in [4.78, 5) is 22.7. The number of hydrogen-bond donors (Lipinski definition) is 3. The molecule has 23 heavy (non-hydrogen) atoms. The molecule has 1 aromatic heterocycles. The Bertz CT molecular complexity index is 477. The van der Waals surface area contributed by atoms with Crippen molar-refractivity contribution in [1.29, 1.82) is 0 Å². The summed E-state index contributed by atoms with van der Waals surface area (Å²) in [6, 6.07) is 0. The summed E-state index contributed by atoms with van der Waals surface area (Å²) in [5.74, 6) is -0.245. The molecule has 0 aromatic carbocycles. The minimum absolute atomic E-state index is 0.0186. The smallest absolute Gasteiger partial charge is 0.307 e. The Morgan fingerprint density at radius 3 is 2.78 bits per heavy atom. The predicted molar refractivity (Wildman–Crippen MR) is 84.3 cm³/mol. The van der Waals surface area contributed by atoms with Crippen LogP contribution >= 0.6 is 0 Å². The maximum atomic E-state index is 11.6. The zero-order chi connectivity index (χ0) is 16.9. The molecular formula is C14H26N6O3. The van der Waals surface area contributed by atoms with Crippen molar-refractivity contribution < 1.29 is 14.3 Å². The molecule has 9 nitrogen and oxygen atoms in total. The highest BCUT2D eigenvalue weighted by Crippen LogP contribution is 1.93. The summed E-state index contributed by atoms with van der Waals surface area (Å²) >= 11 is 0. The number of aryl methyl sites for hydroxylation is 1. The third-order valence-corrected chi connectivity index (χ3v) is 3.02. The maximum absolute atomic E-state index is 11.6. The fraction of sp³-hybridized carbons (Fsp3) is 0.714. The SMILES string of the molecule is CCOC(=O)CCNCCC(=O)NCCCn1cc(CN)nn1. The number of nitrogens with one attached hydrogen (secondary N) is 2. The highest BCUT2D eigenvalue weighted by Gasteiger charge is 2.03. The van der Waals surface area contributed by atoms with Crippen LogP contribution in [0.3, 0.4) is 0 Å². The first-order valence-corrected chi connectivity index (χ1v) is 7.87. The third-order valence-electron chi connectivity index (χ3n) is 3.02. The molecule has 0 aliphatic rings. The van der Waals surface area contributed by atoms with Crippen molar-refractivity contribution in [2.75, 3.05) is 26.2 Å². The van der Waals surface area contributed by atoms with Gasteiger partial charge in [0.2, 0.25) is 5.91 Å². The van der Waals surface area contributed by atoms with Gasteiger partial charge >= 0.3 is 5.97 Å². The van der Waals surface area contributed by atoms with Crippen LogP contribution in [0.15, 0.2) is 6.20 Å². The van der Waals surface area contributed by atoms with E-state index in [1.54, 1.807) is 17.8 Å². The van der Waals surface area contributed by atoms with Crippen molar-refractivity contribution in [1.82, 2.24) is 25.6 Å². The van der Waals surface area contributed by atoms with E-state index in [0.29, 0.717) is 52.2 Å². The lowest BCUT2D eigenvalue weighted by Gasteiger charge is -2.06. The zero-order valence-corrected chi connectivity index (χ0v) is 13.6. The van der Waals surface area contributed by atoms with E-state index in [-0.39, 0.29) is 11.9 Å².